The van der Waals surface area contributed by atoms with Crippen LogP contribution in [0, 0.1) is 5.41 Å². The summed E-state index contributed by atoms with van der Waals surface area (Å²) in [6.07, 6.45) is 3.95. The number of rotatable bonds is 3. The van der Waals surface area contributed by atoms with Crippen molar-refractivity contribution in [2.45, 2.75) is 18.2 Å². The highest BCUT2D eigenvalue weighted by molar-refractivity contribution is 7.89. The van der Waals surface area contributed by atoms with Gasteiger partial charge in [0.2, 0.25) is 10.0 Å². The molecule has 0 bridgehead atoms. The van der Waals surface area contributed by atoms with Crippen molar-refractivity contribution < 1.29 is 8.42 Å². The highest BCUT2D eigenvalue weighted by Gasteiger charge is 2.39. The van der Waals surface area contributed by atoms with Crippen molar-refractivity contribution in [3.05, 3.63) is 24.5 Å². The topological polar surface area (TPSA) is 92.1 Å². The van der Waals surface area contributed by atoms with Gasteiger partial charge in [-0.2, -0.15) is 4.31 Å². The van der Waals surface area contributed by atoms with Crippen LogP contribution in [0.3, 0.4) is 0 Å². The van der Waals surface area contributed by atoms with Gasteiger partial charge < -0.3 is 10.7 Å². The number of nitrogens with zero attached hydrogens (tertiary/aromatic N) is 2. The van der Waals surface area contributed by atoms with Crippen molar-refractivity contribution in [2.24, 2.45) is 11.1 Å². The van der Waals surface area contributed by atoms with Gasteiger partial charge in [0.1, 0.15) is 10.5 Å². The third kappa shape index (κ3) is 2.02. The zero-order valence-electron chi connectivity index (χ0n) is 11.3. The smallest absolute Gasteiger partial charge is 0.245 e. The van der Waals surface area contributed by atoms with Crippen LogP contribution in [0.5, 0.6) is 0 Å². The first kappa shape index (κ1) is 13.5. The molecule has 2 aromatic heterocycles. The fraction of sp³-hybridized carbons (Fsp3) is 0.462. The van der Waals surface area contributed by atoms with E-state index in [1.54, 1.807) is 18.3 Å². The molecule has 0 saturated carbocycles. The molecule has 108 valence electrons. The maximum Gasteiger partial charge on any atom is 0.245 e. The van der Waals surface area contributed by atoms with Gasteiger partial charge in [-0.25, -0.2) is 13.4 Å². The SMILES string of the molecule is CC1(CN)CCN(S(=O)(=O)c2c[nH]c3ncccc23)C1. The van der Waals surface area contributed by atoms with Crippen LogP contribution in [0.2, 0.25) is 0 Å². The number of hydrogen-bond acceptors (Lipinski definition) is 4. The van der Waals surface area contributed by atoms with Crippen molar-refractivity contribution in [3.63, 3.8) is 0 Å². The molecule has 1 atom stereocenters. The molecule has 7 heteroatoms. The summed E-state index contributed by atoms with van der Waals surface area (Å²) in [4.78, 5) is 7.33. The van der Waals surface area contributed by atoms with E-state index in [0.29, 0.717) is 35.6 Å². The van der Waals surface area contributed by atoms with E-state index in [9.17, 15) is 8.42 Å². The van der Waals surface area contributed by atoms with Crippen LogP contribution in [0.25, 0.3) is 11.0 Å². The molecular weight excluding hydrogens is 276 g/mol. The largest absolute Gasteiger partial charge is 0.345 e. The number of pyridine rings is 1. The lowest BCUT2D eigenvalue weighted by molar-refractivity contribution is 0.350. The van der Waals surface area contributed by atoms with E-state index < -0.39 is 10.0 Å². The highest BCUT2D eigenvalue weighted by Crippen LogP contribution is 2.34. The van der Waals surface area contributed by atoms with E-state index in [0.717, 1.165) is 6.42 Å². The number of nitrogens with two attached hydrogens (primary N) is 1. The second-order valence-corrected chi connectivity index (χ2v) is 7.56. The van der Waals surface area contributed by atoms with Crippen molar-refractivity contribution in [3.8, 4) is 0 Å². The maximum absolute atomic E-state index is 12.8. The van der Waals surface area contributed by atoms with E-state index in [-0.39, 0.29) is 5.41 Å². The van der Waals surface area contributed by atoms with E-state index >= 15 is 0 Å². The minimum atomic E-state index is -3.50. The summed E-state index contributed by atoms with van der Waals surface area (Å²) in [5.74, 6) is 0. The fourth-order valence-corrected chi connectivity index (χ4v) is 4.38. The average molecular weight is 294 g/mol. The van der Waals surface area contributed by atoms with Gasteiger partial charge in [0, 0.05) is 30.9 Å². The van der Waals surface area contributed by atoms with Crippen LogP contribution in [0.4, 0.5) is 0 Å². The summed E-state index contributed by atoms with van der Waals surface area (Å²) < 4.78 is 27.0. The predicted molar refractivity (Wildman–Crippen MR) is 76.6 cm³/mol. The molecule has 1 saturated heterocycles. The Labute approximate surface area is 118 Å². The van der Waals surface area contributed by atoms with E-state index in [4.69, 9.17) is 5.73 Å². The second-order valence-electron chi connectivity index (χ2n) is 5.66. The molecule has 0 aliphatic carbocycles. The molecule has 2 aromatic rings. The van der Waals surface area contributed by atoms with Crippen LogP contribution < -0.4 is 5.73 Å². The van der Waals surface area contributed by atoms with Gasteiger partial charge in [-0.3, -0.25) is 0 Å². The van der Waals surface area contributed by atoms with Crippen LogP contribution in [-0.2, 0) is 10.0 Å². The summed E-state index contributed by atoms with van der Waals surface area (Å²) in [5.41, 5.74) is 6.21. The van der Waals surface area contributed by atoms with Crippen molar-refractivity contribution in [1.82, 2.24) is 14.3 Å². The normalized spacial score (nSPS) is 24.5. The number of nitrogens with one attached hydrogen (secondary N) is 1. The molecule has 0 spiro atoms. The van der Waals surface area contributed by atoms with Gasteiger partial charge in [-0.1, -0.05) is 6.92 Å². The first-order valence-corrected chi connectivity index (χ1v) is 8.03. The number of sulfonamides is 1. The quantitative estimate of drug-likeness (QED) is 0.880. The summed E-state index contributed by atoms with van der Waals surface area (Å²) in [5, 5.41) is 0.633. The van der Waals surface area contributed by atoms with Gasteiger partial charge in [-0.05, 0) is 30.5 Å². The van der Waals surface area contributed by atoms with Crippen LogP contribution in [0.1, 0.15) is 13.3 Å². The lowest BCUT2D eigenvalue weighted by Gasteiger charge is -2.22. The van der Waals surface area contributed by atoms with Crippen molar-refractivity contribution >= 4 is 21.1 Å². The molecule has 0 radical (unpaired) electrons. The Bertz CT molecular complexity index is 740. The summed E-state index contributed by atoms with van der Waals surface area (Å²) in [6.45, 7) is 3.51. The molecule has 1 aliphatic heterocycles. The van der Waals surface area contributed by atoms with Crippen LogP contribution >= 0.6 is 0 Å². The molecular formula is C13H18N4O2S. The predicted octanol–water partition coefficient (Wildman–Crippen LogP) is 0.922. The number of fused-ring (bicyclic) bond motifs is 1. The Morgan fingerprint density at radius 3 is 3.05 bits per heavy atom. The van der Waals surface area contributed by atoms with Crippen molar-refractivity contribution in [2.75, 3.05) is 19.6 Å². The van der Waals surface area contributed by atoms with Crippen LogP contribution in [-0.4, -0.2) is 42.3 Å². The van der Waals surface area contributed by atoms with Gasteiger partial charge in [-0.15, -0.1) is 0 Å². The highest BCUT2D eigenvalue weighted by atomic mass is 32.2. The molecule has 0 amide bonds. The minimum Gasteiger partial charge on any atom is -0.345 e. The molecule has 1 unspecified atom stereocenters. The first-order chi connectivity index (χ1) is 9.46. The number of aromatic amines is 1. The average Bonchev–Trinajstić information content (AvgIpc) is 3.03. The van der Waals surface area contributed by atoms with Gasteiger partial charge in [0.05, 0.1) is 0 Å². The number of H-pyrrole nitrogens is 1. The summed E-state index contributed by atoms with van der Waals surface area (Å²) >= 11 is 0. The van der Waals surface area contributed by atoms with E-state index in [1.807, 2.05) is 6.92 Å². The third-order valence-electron chi connectivity index (χ3n) is 4.05. The zero-order valence-corrected chi connectivity index (χ0v) is 12.2. The van der Waals surface area contributed by atoms with Crippen LogP contribution in [0.15, 0.2) is 29.4 Å². The molecule has 1 aliphatic rings. The Morgan fingerprint density at radius 1 is 1.55 bits per heavy atom. The number of hydrogen-bond donors (Lipinski definition) is 2. The van der Waals surface area contributed by atoms with Gasteiger partial charge in [0.15, 0.2) is 0 Å². The monoisotopic (exact) mass is 294 g/mol. The minimum absolute atomic E-state index is 0.128. The summed E-state index contributed by atoms with van der Waals surface area (Å²) in [6, 6.07) is 3.51. The molecule has 6 nitrogen and oxygen atoms in total. The van der Waals surface area contributed by atoms with E-state index in [2.05, 4.69) is 9.97 Å². The fourth-order valence-electron chi connectivity index (χ4n) is 2.63. The Balaban J connectivity index is 2.01. The summed E-state index contributed by atoms with van der Waals surface area (Å²) in [7, 11) is -3.50. The third-order valence-corrected chi connectivity index (χ3v) is 5.93. The lowest BCUT2D eigenvalue weighted by atomic mass is 9.90. The standard InChI is InChI=1S/C13H18N4O2S/c1-13(8-14)4-6-17(9-13)20(18,19)11-7-16-12-10(11)3-2-5-15-12/h2-3,5,7H,4,6,8-9,14H2,1H3,(H,15,16). The van der Waals surface area contributed by atoms with E-state index in [1.165, 1.54) is 10.5 Å². The molecule has 1 fully saturated rings. The molecule has 3 heterocycles. The second kappa shape index (κ2) is 4.54. The molecule has 3 rings (SSSR count). The maximum atomic E-state index is 12.8. The van der Waals surface area contributed by atoms with Gasteiger partial charge >= 0.3 is 0 Å². The molecule has 20 heavy (non-hydrogen) atoms. The lowest BCUT2D eigenvalue weighted by Crippen LogP contribution is -2.34. The van der Waals surface area contributed by atoms with Gasteiger partial charge in [0.25, 0.3) is 0 Å². The van der Waals surface area contributed by atoms with Crippen molar-refractivity contribution in [1.29, 1.82) is 0 Å². The Kier molecular flexibility index (Phi) is 3.07. The number of aromatic nitrogens is 2. The first-order valence-electron chi connectivity index (χ1n) is 6.59. The molecule has 3 N–H and O–H groups in total. The molecule has 0 aromatic carbocycles. The Hall–Kier alpha value is -1.44. The zero-order chi connectivity index (χ0) is 14.4. The Morgan fingerprint density at radius 2 is 2.35 bits per heavy atom.